The molecule has 0 radical (unpaired) electrons. The molecule has 0 aliphatic rings. The number of hydrogen-bond donors (Lipinski definition) is 0. The van der Waals surface area contributed by atoms with Gasteiger partial charge in [0.2, 0.25) is 0 Å². The molecule has 11 heteroatoms. The van der Waals surface area contributed by atoms with E-state index in [9.17, 15) is 34.3 Å². The first-order valence-corrected chi connectivity index (χ1v) is 5.15. The molecular formula is C3HF6IO3S. The molecule has 0 fully saturated rings. The van der Waals surface area contributed by atoms with E-state index in [1.54, 1.807) is 0 Å². The van der Waals surface area contributed by atoms with Gasteiger partial charge in [-0.25, -0.2) is 0 Å². The minimum Gasteiger partial charge on any atom is -0.173 e. The van der Waals surface area contributed by atoms with Crippen LogP contribution in [0.2, 0.25) is 0 Å². The van der Waals surface area contributed by atoms with Crippen LogP contribution >= 0.6 is 22.6 Å². The number of alkyl halides is 6. The van der Waals surface area contributed by atoms with Crippen molar-refractivity contribution in [3.05, 3.63) is 0 Å². The van der Waals surface area contributed by atoms with E-state index >= 15 is 0 Å². The summed E-state index contributed by atoms with van der Waals surface area (Å²) in [5, 5.41) is 0. The van der Waals surface area contributed by atoms with Crippen molar-refractivity contribution in [1.82, 2.24) is 0 Å². The summed E-state index contributed by atoms with van der Waals surface area (Å²) in [6.45, 7) is 0. The highest BCUT2D eigenvalue weighted by atomic mass is 127. The van der Waals surface area contributed by atoms with Gasteiger partial charge in [0.1, 0.15) is 0 Å². The highest BCUT2D eigenvalue weighted by Gasteiger charge is 2.57. The van der Waals surface area contributed by atoms with E-state index in [1.165, 1.54) is 0 Å². The van der Waals surface area contributed by atoms with E-state index < -0.39 is 26.7 Å². The lowest BCUT2D eigenvalue weighted by Gasteiger charge is -2.21. The molecule has 0 aromatic rings. The Bertz CT molecular complexity index is 296. The molecule has 0 aromatic carbocycles. The zero-order valence-electron chi connectivity index (χ0n) is 5.86. The molecule has 0 aliphatic carbocycles. The highest BCUT2D eigenvalue weighted by molar-refractivity contribution is 14.1. The van der Waals surface area contributed by atoms with Gasteiger partial charge in [0.25, 0.3) is 0 Å². The van der Waals surface area contributed by atoms with Crippen molar-refractivity contribution in [1.29, 1.82) is 0 Å². The molecule has 0 saturated carbocycles. The quantitative estimate of drug-likeness (QED) is 0.336. The van der Waals surface area contributed by atoms with E-state index in [0.717, 1.165) is 0 Å². The van der Waals surface area contributed by atoms with Gasteiger partial charge in [0.15, 0.2) is 3.92 Å². The smallest absolute Gasteiger partial charge is 0.173 e. The zero-order valence-corrected chi connectivity index (χ0v) is 8.83. The Hall–Kier alpha value is 0.220. The molecule has 86 valence electrons. The Morgan fingerprint density at radius 2 is 1.50 bits per heavy atom. The second-order valence-electron chi connectivity index (χ2n) is 1.94. The van der Waals surface area contributed by atoms with Crippen LogP contribution in [0.1, 0.15) is 0 Å². The fourth-order valence-corrected chi connectivity index (χ4v) is 1.03. The third kappa shape index (κ3) is 4.63. The molecule has 0 aromatic heterocycles. The molecule has 0 spiro atoms. The standard InChI is InChI=1S/C3HF6IO3S/c4-2(5,6)1(10)3(7,8)13-14(9,11)12/h1H. The molecular weight excluding hydrogens is 357 g/mol. The lowest BCUT2D eigenvalue weighted by molar-refractivity contribution is -0.241. The first-order chi connectivity index (χ1) is 5.86. The molecule has 1 unspecified atom stereocenters. The van der Waals surface area contributed by atoms with Crippen LogP contribution in [0, 0.1) is 0 Å². The van der Waals surface area contributed by atoms with Crippen molar-refractivity contribution >= 4 is 33.1 Å². The van der Waals surface area contributed by atoms with Crippen molar-refractivity contribution in [3.63, 3.8) is 0 Å². The van der Waals surface area contributed by atoms with Crippen molar-refractivity contribution in [2.24, 2.45) is 0 Å². The maximum atomic E-state index is 12.2. The summed E-state index contributed by atoms with van der Waals surface area (Å²) in [5.74, 6) is 0. The van der Waals surface area contributed by atoms with Crippen molar-refractivity contribution in [2.75, 3.05) is 0 Å². The Labute approximate surface area is 88.0 Å². The summed E-state index contributed by atoms with van der Waals surface area (Å²) in [6.07, 6.45) is -10.6. The molecule has 0 heterocycles. The van der Waals surface area contributed by atoms with Crippen LogP contribution in [0.4, 0.5) is 25.8 Å². The SMILES string of the molecule is O=S(=O)(F)OC(F)(F)C(I)C(F)(F)F. The Morgan fingerprint density at radius 3 is 1.71 bits per heavy atom. The summed E-state index contributed by atoms with van der Waals surface area (Å²) >= 11 is 0.200. The highest BCUT2D eigenvalue weighted by Crippen LogP contribution is 2.39. The topological polar surface area (TPSA) is 43.4 Å². The lowest BCUT2D eigenvalue weighted by atomic mass is 10.4. The van der Waals surface area contributed by atoms with Crippen LogP contribution in [-0.4, -0.2) is 24.6 Å². The van der Waals surface area contributed by atoms with E-state index in [-0.39, 0.29) is 22.6 Å². The second-order valence-corrected chi connectivity index (χ2v) is 4.14. The molecule has 0 saturated heterocycles. The Morgan fingerprint density at radius 1 is 1.14 bits per heavy atom. The van der Waals surface area contributed by atoms with E-state index in [4.69, 9.17) is 0 Å². The van der Waals surface area contributed by atoms with Crippen molar-refractivity contribution in [3.8, 4) is 0 Å². The van der Waals surface area contributed by atoms with Gasteiger partial charge in [-0.1, -0.05) is 26.5 Å². The van der Waals surface area contributed by atoms with Crippen LogP contribution in [0.25, 0.3) is 0 Å². The first-order valence-electron chi connectivity index (χ1n) is 2.60. The average molecular weight is 358 g/mol. The Kier molecular flexibility index (Phi) is 4.06. The number of hydrogen-bond acceptors (Lipinski definition) is 3. The summed E-state index contributed by atoms with van der Waals surface area (Å²) in [6, 6.07) is 0. The molecule has 0 N–H and O–H groups in total. The third-order valence-electron chi connectivity index (χ3n) is 0.793. The van der Waals surface area contributed by atoms with Gasteiger partial charge in [-0.2, -0.15) is 34.6 Å². The minimum atomic E-state index is -6.14. The van der Waals surface area contributed by atoms with E-state index in [0.29, 0.717) is 0 Å². The van der Waals surface area contributed by atoms with Gasteiger partial charge in [0.05, 0.1) is 0 Å². The maximum Gasteiger partial charge on any atom is 0.442 e. The summed E-state index contributed by atoms with van der Waals surface area (Å²) in [5.41, 5.74) is 0. The van der Waals surface area contributed by atoms with Crippen LogP contribution in [-0.2, 0) is 14.7 Å². The van der Waals surface area contributed by atoms with E-state index in [1.807, 2.05) is 0 Å². The summed E-state index contributed by atoms with van der Waals surface area (Å²) < 4.78 is 88.9. The van der Waals surface area contributed by atoms with Crippen LogP contribution in [0.5, 0.6) is 0 Å². The number of halogens is 7. The predicted molar refractivity (Wildman–Crippen MR) is 39.9 cm³/mol. The third-order valence-corrected chi connectivity index (χ3v) is 2.65. The van der Waals surface area contributed by atoms with E-state index in [2.05, 4.69) is 4.18 Å². The lowest BCUT2D eigenvalue weighted by Crippen LogP contribution is -2.42. The molecule has 0 amide bonds. The molecule has 1 atom stereocenters. The van der Waals surface area contributed by atoms with Crippen LogP contribution in [0.3, 0.4) is 0 Å². The van der Waals surface area contributed by atoms with Gasteiger partial charge in [0, 0.05) is 0 Å². The van der Waals surface area contributed by atoms with Crippen molar-refractivity contribution < 1.29 is 38.4 Å². The fraction of sp³-hybridized carbons (Fsp3) is 1.00. The van der Waals surface area contributed by atoms with Crippen molar-refractivity contribution in [2.45, 2.75) is 16.2 Å². The monoisotopic (exact) mass is 358 g/mol. The Balaban J connectivity index is 4.80. The first kappa shape index (κ1) is 14.2. The van der Waals surface area contributed by atoms with Crippen LogP contribution < -0.4 is 0 Å². The van der Waals surface area contributed by atoms with Gasteiger partial charge in [-0.15, -0.1) is 0 Å². The normalized spacial score (nSPS) is 16.8. The average Bonchev–Trinajstić information content (AvgIpc) is 1.78. The molecule has 14 heavy (non-hydrogen) atoms. The molecule has 0 bridgehead atoms. The minimum absolute atomic E-state index is 0.200. The van der Waals surface area contributed by atoms with Gasteiger partial charge in [-0.05, 0) is 0 Å². The second kappa shape index (κ2) is 4.00. The largest absolute Gasteiger partial charge is 0.442 e. The molecule has 3 nitrogen and oxygen atoms in total. The fourth-order valence-electron chi connectivity index (χ4n) is 0.365. The number of rotatable bonds is 3. The summed E-state index contributed by atoms with van der Waals surface area (Å²) in [7, 11) is -6.14. The van der Waals surface area contributed by atoms with Gasteiger partial charge < -0.3 is 0 Å². The summed E-state index contributed by atoms with van der Waals surface area (Å²) in [4.78, 5) is 0. The maximum absolute atomic E-state index is 12.2. The van der Waals surface area contributed by atoms with Gasteiger partial charge >= 0.3 is 22.8 Å². The zero-order chi connectivity index (χ0) is 11.8. The van der Waals surface area contributed by atoms with Gasteiger partial charge in [-0.3, -0.25) is 0 Å². The molecule has 0 aliphatic heterocycles. The van der Waals surface area contributed by atoms with Crippen LogP contribution in [0.15, 0.2) is 0 Å². The predicted octanol–water partition coefficient (Wildman–Crippen LogP) is 2.18. The molecule has 0 rings (SSSR count).